The largest absolute Gasteiger partial charge is 0.356 e. The number of nitrogens with one attached hydrogen (secondary N) is 2. The zero-order valence-corrected chi connectivity index (χ0v) is 12.3. The second-order valence-electron chi connectivity index (χ2n) is 5.55. The van der Waals surface area contributed by atoms with E-state index in [9.17, 15) is 4.79 Å². The van der Waals surface area contributed by atoms with Crippen LogP contribution in [0.15, 0.2) is 29.3 Å². The molecule has 0 unspecified atom stereocenters. The van der Waals surface area contributed by atoms with Crippen molar-refractivity contribution in [2.45, 2.75) is 32.4 Å². The summed E-state index contributed by atoms with van der Waals surface area (Å²) in [4.78, 5) is 18.1. The summed E-state index contributed by atoms with van der Waals surface area (Å²) in [6.45, 7) is 4.21. The number of guanidine groups is 1. The van der Waals surface area contributed by atoms with Gasteiger partial charge in [-0.3, -0.25) is 9.79 Å². The Kier molecular flexibility index (Phi) is 4.38. The first kappa shape index (κ1) is 13.9. The van der Waals surface area contributed by atoms with E-state index < -0.39 is 0 Å². The highest BCUT2D eigenvalue weighted by Crippen LogP contribution is 2.17. The van der Waals surface area contributed by atoms with E-state index in [4.69, 9.17) is 0 Å². The molecule has 5 heteroatoms. The fourth-order valence-electron chi connectivity index (χ4n) is 2.79. The van der Waals surface area contributed by atoms with E-state index in [1.807, 2.05) is 17.0 Å². The van der Waals surface area contributed by atoms with Crippen LogP contribution in [0.1, 0.15) is 30.4 Å². The molecular weight excluding hydrogens is 264 g/mol. The van der Waals surface area contributed by atoms with E-state index in [1.165, 1.54) is 11.1 Å². The number of aliphatic imine (C=N–C) groups is 1. The van der Waals surface area contributed by atoms with Gasteiger partial charge in [-0.05, 0) is 24.0 Å². The highest BCUT2D eigenvalue weighted by Gasteiger charge is 2.20. The van der Waals surface area contributed by atoms with Crippen molar-refractivity contribution in [2.24, 2.45) is 4.99 Å². The van der Waals surface area contributed by atoms with Gasteiger partial charge < -0.3 is 15.5 Å². The minimum Gasteiger partial charge on any atom is -0.356 e. The van der Waals surface area contributed by atoms with Gasteiger partial charge in [0.05, 0.1) is 0 Å². The van der Waals surface area contributed by atoms with Crippen molar-refractivity contribution < 1.29 is 4.79 Å². The second-order valence-corrected chi connectivity index (χ2v) is 5.55. The fraction of sp³-hybridized carbons (Fsp3) is 0.500. The third kappa shape index (κ3) is 3.54. The first-order valence-corrected chi connectivity index (χ1v) is 7.70. The van der Waals surface area contributed by atoms with Crippen molar-refractivity contribution in [1.29, 1.82) is 0 Å². The van der Waals surface area contributed by atoms with Gasteiger partial charge in [-0.1, -0.05) is 24.3 Å². The molecule has 1 aromatic rings. The lowest BCUT2D eigenvalue weighted by Crippen LogP contribution is -2.40. The van der Waals surface area contributed by atoms with Gasteiger partial charge >= 0.3 is 0 Å². The van der Waals surface area contributed by atoms with E-state index in [0.717, 1.165) is 51.5 Å². The third-order valence-electron chi connectivity index (χ3n) is 3.99. The number of benzene rings is 1. The highest BCUT2D eigenvalue weighted by atomic mass is 16.2. The number of rotatable bonds is 4. The number of hydrogen-bond donors (Lipinski definition) is 2. The van der Waals surface area contributed by atoms with Crippen LogP contribution < -0.4 is 10.6 Å². The number of likely N-dealkylation sites (tertiary alicyclic amines) is 1. The molecule has 2 heterocycles. The molecule has 0 atom stereocenters. The van der Waals surface area contributed by atoms with Crippen LogP contribution in [0.4, 0.5) is 0 Å². The van der Waals surface area contributed by atoms with Gasteiger partial charge in [-0.15, -0.1) is 0 Å². The maximum Gasteiger partial charge on any atom is 0.222 e. The summed E-state index contributed by atoms with van der Waals surface area (Å²) < 4.78 is 0. The molecule has 0 bridgehead atoms. The Morgan fingerprint density at radius 1 is 1.24 bits per heavy atom. The van der Waals surface area contributed by atoms with Crippen molar-refractivity contribution >= 4 is 11.9 Å². The molecule has 2 N–H and O–H groups in total. The van der Waals surface area contributed by atoms with E-state index in [1.54, 1.807) is 0 Å². The summed E-state index contributed by atoms with van der Waals surface area (Å²) in [6.07, 6.45) is 2.78. The van der Waals surface area contributed by atoms with Gasteiger partial charge in [-0.2, -0.15) is 0 Å². The van der Waals surface area contributed by atoms with Crippen LogP contribution in [0.5, 0.6) is 0 Å². The third-order valence-corrected chi connectivity index (χ3v) is 3.99. The number of amides is 1. The van der Waals surface area contributed by atoms with Gasteiger partial charge in [0.15, 0.2) is 5.96 Å². The Morgan fingerprint density at radius 3 is 2.81 bits per heavy atom. The summed E-state index contributed by atoms with van der Waals surface area (Å²) in [6, 6.07) is 8.31. The molecule has 21 heavy (non-hydrogen) atoms. The fourth-order valence-corrected chi connectivity index (χ4v) is 2.79. The van der Waals surface area contributed by atoms with Crippen LogP contribution in [0.2, 0.25) is 0 Å². The zero-order chi connectivity index (χ0) is 14.5. The van der Waals surface area contributed by atoms with Crippen molar-refractivity contribution in [3.05, 3.63) is 35.4 Å². The maximum atomic E-state index is 11.8. The smallest absolute Gasteiger partial charge is 0.222 e. The standard InChI is InChI=1S/C16H22N4O/c21-15-7-3-10-20(15)12-14-6-2-1-5-13(14)11-19-16-17-8-4-9-18-16/h1-2,5-6H,3-4,7-12H2,(H2,17,18,19). The summed E-state index contributed by atoms with van der Waals surface area (Å²) in [5.74, 6) is 1.16. The van der Waals surface area contributed by atoms with Crippen molar-refractivity contribution in [3.8, 4) is 0 Å². The molecule has 112 valence electrons. The minimum atomic E-state index is 0.274. The van der Waals surface area contributed by atoms with E-state index in [2.05, 4.69) is 27.8 Å². The minimum absolute atomic E-state index is 0.274. The topological polar surface area (TPSA) is 56.7 Å². The molecule has 1 fully saturated rings. The Labute approximate surface area is 125 Å². The van der Waals surface area contributed by atoms with Gasteiger partial charge in [0.2, 0.25) is 5.91 Å². The van der Waals surface area contributed by atoms with Crippen LogP contribution in [0.3, 0.4) is 0 Å². The molecule has 1 amide bonds. The molecule has 2 aliphatic rings. The van der Waals surface area contributed by atoms with Crippen LogP contribution in [0, 0.1) is 0 Å². The number of carbonyl (C=O) groups is 1. The Bertz CT molecular complexity index is 541. The molecule has 5 nitrogen and oxygen atoms in total. The second kappa shape index (κ2) is 6.61. The molecular formula is C16H22N4O. The number of carbonyl (C=O) groups excluding carboxylic acids is 1. The Morgan fingerprint density at radius 2 is 2.10 bits per heavy atom. The average molecular weight is 286 g/mol. The summed E-state index contributed by atoms with van der Waals surface area (Å²) in [5.41, 5.74) is 2.45. The molecule has 1 aromatic carbocycles. The predicted octanol–water partition coefficient (Wildman–Crippen LogP) is 1.25. The molecule has 2 aliphatic heterocycles. The normalized spacial score (nSPS) is 18.4. The summed E-state index contributed by atoms with van der Waals surface area (Å²) in [5, 5.41) is 6.61. The summed E-state index contributed by atoms with van der Waals surface area (Å²) in [7, 11) is 0. The van der Waals surface area contributed by atoms with E-state index >= 15 is 0 Å². The van der Waals surface area contributed by atoms with Crippen LogP contribution >= 0.6 is 0 Å². The SMILES string of the molecule is O=C1CCCN1Cc1ccccc1CNC1=NCCCN1. The quantitative estimate of drug-likeness (QED) is 0.876. The van der Waals surface area contributed by atoms with Crippen LogP contribution in [-0.2, 0) is 17.9 Å². The first-order chi connectivity index (χ1) is 10.3. The lowest BCUT2D eigenvalue weighted by atomic mass is 10.1. The van der Waals surface area contributed by atoms with Crippen molar-refractivity contribution in [2.75, 3.05) is 19.6 Å². The van der Waals surface area contributed by atoms with Crippen LogP contribution in [0.25, 0.3) is 0 Å². The number of hydrogen-bond acceptors (Lipinski definition) is 4. The van der Waals surface area contributed by atoms with Crippen LogP contribution in [-0.4, -0.2) is 36.4 Å². The predicted molar refractivity (Wildman–Crippen MR) is 82.9 cm³/mol. The van der Waals surface area contributed by atoms with Crippen molar-refractivity contribution in [1.82, 2.24) is 15.5 Å². The Balaban J connectivity index is 1.64. The molecule has 0 spiro atoms. The van der Waals surface area contributed by atoms with E-state index in [-0.39, 0.29) is 5.91 Å². The maximum absolute atomic E-state index is 11.8. The summed E-state index contributed by atoms with van der Waals surface area (Å²) >= 11 is 0. The number of nitrogens with zero attached hydrogens (tertiary/aromatic N) is 2. The monoisotopic (exact) mass is 286 g/mol. The van der Waals surface area contributed by atoms with Gasteiger partial charge in [0.1, 0.15) is 0 Å². The van der Waals surface area contributed by atoms with E-state index in [0.29, 0.717) is 6.42 Å². The van der Waals surface area contributed by atoms with Gasteiger partial charge in [0.25, 0.3) is 0 Å². The average Bonchev–Trinajstić information content (AvgIpc) is 2.93. The molecule has 1 saturated heterocycles. The zero-order valence-electron chi connectivity index (χ0n) is 12.3. The lowest BCUT2D eigenvalue weighted by molar-refractivity contribution is -0.128. The molecule has 0 radical (unpaired) electrons. The van der Waals surface area contributed by atoms with Gasteiger partial charge in [0, 0.05) is 39.1 Å². The lowest BCUT2D eigenvalue weighted by Gasteiger charge is -2.20. The first-order valence-electron chi connectivity index (χ1n) is 7.70. The highest BCUT2D eigenvalue weighted by molar-refractivity contribution is 5.80. The molecule has 3 rings (SSSR count). The Hall–Kier alpha value is -2.04. The molecule has 0 aromatic heterocycles. The van der Waals surface area contributed by atoms with Gasteiger partial charge in [-0.25, -0.2) is 0 Å². The van der Waals surface area contributed by atoms with Crippen molar-refractivity contribution in [3.63, 3.8) is 0 Å². The molecule has 0 saturated carbocycles. The molecule has 0 aliphatic carbocycles.